The second-order valence-corrected chi connectivity index (χ2v) is 4.80. The van der Waals surface area contributed by atoms with E-state index in [9.17, 15) is 19.7 Å². The lowest BCUT2D eigenvalue weighted by molar-refractivity contribution is -0.538. The number of hydrogen-bond acceptors (Lipinski definition) is 8. The lowest BCUT2D eigenvalue weighted by atomic mass is 10.0. The number of nitrogens with zero attached hydrogens (tertiary/aromatic N) is 1. The first-order valence-electron chi connectivity index (χ1n) is 6.96. The number of methoxy groups -OCH3 is 2. The van der Waals surface area contributed by atoms with Gasteiger partial charge in [-0.1, -0.05) is 6.07 Å². The second kappa shape index (κ2) is 8.70. The van der Waals surface area contributed by atoms with E-state index in [1.807, 2.05) is 0 Å². The predicted octanol–water partition coefficient (Wildman–Crippen LogP) is 1.52. The van der Waals surface area contributed by atoms with Crippen molar-refractivity contribution >= 4 is 11.9 Å². The maximum Gasteiger partial charge on any atom is 0.303 e. The van der Waals surface area contributed by atoms with Crippen molar-refractivity contribution in [2.24, 2.45) is 0 Å². The van der Waals surface area contributed by atoms with Crippen LogP contribution in [0.2, 0.25) is 0 Å². The average molecular weight is 341 g/mol. The third-order valence-corrected chi connectivity index (χ3v) is 3.11. The van der Waals surface area contributed by atoms with Crippen LogP contribution in [0.5, 0.6) is 11.5 Å². The molecule has 0 saturated heterocycles. The molecule has 24 heavy (non-hydrogen) atoms. The van der Waals surface area contributed by atoms with E-state index in [0.29, 0.717) is 17.1 Å². The van der Waals surface area contributed by atoms with Gasteiger partial charge in [-0.2, -0.15) is 0 Å². The Hall–Kier alpha value is -2.84. The van der Waals surface area contributed by atoms with Gasteiger partial charge in [0.25, 0.3) is 6.04 Å². The highest BCUT2D eigenvalue weighted by molar-refractivity contribution is 5.67. The van der Waals surface area contributed by atoms with Crippen LogP contribution < -0.4 is 9.47 Å². The molecule has 0 aromatic heterocycles. The maximum absolute atomic E-state index is 11.4. The van der Waals surface area contributed by atoms with Gasteiger partial charge in [-0.25, -0.2) is 0 Å². The van der Waals surface area contributed by atoms with Crippen molar-refractivity contribution < 1.29 is 33.5 Å². The molecule has 0 N–H and O–H groups in total. The zero-order valence-electron chi connectivity index (χ0n) is 13.8. The molecule has 0 aliphatic rings. The van der Waals surface area contributed by atoms with Crippen LogP contribution in [-0.2, 0) is 19.1 Å². The van der Waals surface area contributed by atoms with E-state index in [4.69, 9.17) is 18.9 Å². The molecule has 0 spiro atoms. The minimum Gasteiger partial charge on any atom is -0.493 e. The van der Waals surface area contributed by atoms with Crippen molar-refractivity contribution in [2.45, 2.75) is 26.0 Å². The average Bonchev–Trinajstić information content (AvgIpc) is 2.52. The van der Waals surface area contributed by atoms with E-state index < -0.39 is 35.6 Å². The Kier molecular flexibility index (Phi) is 6.97. The largest absolute Gasteiger partial charge is 0.493 e. The van der Waals surface area contributed by atoms with Gasteiger partial charge in [0, 0.05) is 24.3 Å². The molecule has 0 aliphatic heterocycles. The molecule has 132 valence electrons. The van der Waals surface area contributed by atoms with Gasteiger partial charge in [0.05, 0.1) is 14.2 Å². The van der Waals surface area contributed by atoms with Crippen molar-refractivity contribution in [1.29, 1.82) is 0 Å². The Morgan fingerprint density at radius 2 is 1.75 bits per heavy atom. The third-order valence-electron chi connectivity index (χ3n) is 3.11. The molecule has 0 aliphatic carbocycles. The van der Waals surface area contributed by atoms with E-state index in [1.165, 1.54) is 32.4 Å². The highest BCUT2D eigenvalue weighted by Crippen LogP contribution is 2.33. The van der Waals surface area contributed by atoms with Crippen molar-refractivity contribution in [2.75, 3.05) is 20.8 Å². The number of carbonyl (C=O) groups excluding carboxylic acids is 2. The number of nitro groups is 1. The molecule has 0 saturated carbocycles. The van der Waals surface area contributed by atoms with Crippen LogP contribution in [0.4, 0.5) is 0 Å². The Labute approximate surface area is 138 Å². The molecule has 0 heterocycles. The molecule has 9 nitrogen and oxygen atoms in total. The maximum atomic E-state index is 11.4. The van der Waals surface area contributed by atoms with Crippen LogP contribution in [0.25, 0.3) is 0 Å². The molecule has 9 heteroatoms. The second-order valence-electron chi connectivity index (χ2n) is 4.80. The van der Waals surface area contributed by atoms with Crippen molar-refractivity contribution in [3.8, 4) is 11.5 Å². The normalized spacial score (nSPS) is 12.7. The Morgan fingerprint density at radius 3 is 2.21 bits per heavy atom. The van der Waals surface area contributed by atoms with E-state index in [2.05, 4.69) is 0 Å². The van der Waals surface area contributed by atoms with Crippen LogP contribution >= 0.6 is 0 Å². The standard InChI is InChI=1S/C15H19NO8/c1-9(17)23-8-12(16(19)20)15(24-10(2)18)11-5-6-13(21-3)14(7-11)22-4/h5-7,12,15H,8H2,1-4H3. The zero-order chi connectivity index (χ0) is 18.3. The molecule has 1 rings (SSSR count). The summed E-state index contributed by atoms with van der Waals surface area (Å²) in [6.07, 6.45) is -1.25. The fourth-order valence-corrected chi connectivity index (χ4v) is 2.04. The molecular formula is C15H19NO8. The Bertz CT molecular complexity index is 615. The van der Waals surface area contributed by atoms with Crippen LogP contribution in [0, 0.1) is 10.1 Å². The summed E-state index contributed by atoms with van der Waals surface area (Å²) in [6, 6.07) is 3.06. The Morgan fingerprint density at radius 1 is 1.12 bits per heavy atom. The minimum absolute atomic E-state index is 0.316. The first-order chi connectivity index (χ1) is 11.3. The topological polar surface area (TPSA) is 114 Å². The molecule has 0 radical (unpaired) electrons. The number of esters is 2. The van der Waals surface area contributed by atoms with Crippen molar-refractivity contribution in [3.05, 3.63) is 33.9 Å². The summed E-state index contributed by atoms with van der Waals surface area (Å²) in [4.78, 5) is 33.0. The SMILES string of the molecule is COc1ccc(C(OC(C)=O)C(COC(C)=O)[N+](=O)[O-])cc1OC. The van der Waals surface area contributed by atoms with Gasteiger partial charge in [0.15, 0.2) is 24.2 Å². The molecule has 2 unspecified atom stereocenters. The van der Waals surface area contributed by atoms with E-state index in [-0.39, 0.29) is 0 Å². The summed E-state index contributed by atoms with van der Waals surface area (Å²) >= 11 is 0. The number of ether oxygens (including phenoxy) is 4. The highest BCUT2D eigenvalue weighted by atomic mass is 16.6. The summed E-state index contributed by atoms with van der Waals surface area (Å²) in [7, 11) is 2.86. The van der Waals surface area contributed by atoms with Crippen LogP contribution in [0.3, 0.4) is 0 Å². The lowest BCUT2D eigenvalue weighted by Gasteiger charge is -2.21. The fourth-order valence-electron chi connectivity index (χ4n) is 2.04. The molecular weight excluding hydrogens is 322 g/mol. The quantitative estimate of drug-likeness (QED) is 0.397. The van der Waals surface area contributed by atoms with Gasteiger partial charge >= 0.3 is 11.9 Å². The van der Waals surface area contributed by atoms with Gasteiger partial charge in [0.1, 0.15) is 0 Å². The molecule has 2 atom stereocenters. The zero-order valence-corrected chi connectivity index (χ0v) is 13.8. The van der Waals surface area contributed by atoms with Crippen LogP contribution in [0.1, 0.15) is 25.5 Å². The van der Waals surface area contributed by atoms with E-state index in [0.717, 1.165) is 13.8 Å². The number of carbonyl (C=O) groups is 2. The number of hydrogen-bond donors (Lipinski definition) is 0. The summed E-state index contributed by atoms with van der Waals surface area (Å²) in [6.45, 7) is 1.74. The van der Waals surface area contributed by atoms with Crippen molar-refractivity contribution in [1.82, 2.24) is 0 Å². The molecule has 0 amide bonds. The molecule has 0 fully saturated rings. The summed E-state index contributed by atoms with van der Waals surface area (Å²) < 4.78 is 20.1. The summed E-state index contributed by atoms with van der Waals surface area (Å²) in [5.41, 5.74) is 0.316. The molecule has 1 aromatic rings. The Balaban J connectivity index is 3.25. The van der Waals surface area contributed by atoms with E-state index in [1.54, 1.807) is 0 Å². The lowest BCUT2D eigenvalue weighted by Crippen LogP contribution is -2.35. The first kappa shape index (κ1) is 19.2. The molecule has 0 bridgehead atoms. The van der Waals surface area contributed by atoms with Gasteiger partial charge in [0.2, 0.25) is 0 Å². The van der Waals surface area contributed by atoms with Crippen LogP contribution in [0.15, 0.2) is 18.2 Å². The monoisotopic (exact) mass is 341 g/mol. The fraction of sp³-hybridized carbons (Fsp3) is 0.467. The smallest absolute Gasteiger partial charge is 0.303 e. The summed E-state index contributed by atoms with van der Waals surface area (Å²) in [5.74, 6) is -0.637. The van der Waals surface area contributed by atoms with Gasteiger partial charge in [-0.05, 0) is 12.1 Å². The van der Waals surface area contributed by atoms with Gasteiger partial charge < -0.3 is 18.9 Å². The summed E-state index contributed by atoms with van der Waals surface area (Å²) in [5, 5.41) is 11.4. The minimum atomic E-state index is -1.46. The third kappa shape index (κ3) is 5.11. The number of rotatable bonds is 8. The number of benzene rings is 1. The first-order valence-corrected chi connectivity index (χ1v) is 6.96. The highest BCUT2D eigenvalue weighted by Gasteiger charge is 2.37. The van der Waals surface area contributed by atoms with E-state index >= 15 is 0 Å². The van der Waals surface area contributed by atoms with Crippen LogP contribution in [-0.4, -0.2) is 43.7 Å². The van der Waals surface area contributed by atoms with Gasteiger partial charge in [-0.3, -0.25) is 19.7 Å². The predicted molar refractivity (Wildman–Crippen MR) is 81.5 cm³/mol. The van der Waals surface area contributed by atoms with Gasteiger partial charge in [-0.15, -0.1) is 0 Å². The van der Waals surface area contributed by atoms with Crippen molar-refractivity contribution in [3.63, 3.8) is 0 Å². The molecule has 1 aromatic carbocycles.